The Morgan fingerprint density at radius 3 is 1.80 bits per heavy atom. The van der Waals surface area contributed by atoms with E-state index in [0.29, 0.717) is 36.9 Å². The number of nitrogens with one attached hydrogen (secondary N) is 2. The Hall–Kier alpha value is -3.62. The van der Waals surface area contributed by atoms with E-state index in [1.165, 1.54) is 23.3 Å². The lowest BCUT2D eigenvalue weighted by Crippen LogP contribution is -2.40. The number of pyridine rings is 2. The molecule has 4 N–H and O–H groups in total. The normalized spacial score (nSPS) is 12.0. The number of aromatic nitrogens is 2. The van der Waals surface area contributed by atoms with E-state index < -0.39 is 11.9 Å². The van der Waals surface area contributed by atoms with Crippen LogP contribution in [0.5, 0.6) is 0 Å². The topological polar surface area (TPSA) is 124 Å². The van der Waals surface area contributed by atoms with Gasteiger partial charge in [-0.25, -0.2) is 19.6 Å². The fraction of sp³-hybridized carbons (Fsp3) is 0.333. The van der Waals surface area contributed by atoms with Gasteiger partial charge in [0, 0.05) is 25.7 Å². The molecule has 0 saturated carbocycles. The molecule has 1 atom stereocenters. The van der Waals surface area contributed by atoms with Gasteiger partial charge < -0.3 is 20.8 Å². The first-order valence-corrected chi connectivity index (χ1v) is 11.7. The lowest BCUT2D eigenvalue weighted by molar-refractivity contribution is 0.0679. The smallest absolute Gasteiger partial charge is 0.354 e. The van der Waals surface area contributed by atoms with Crippen LogP contribution in [-0.4, -0.2) is 44.7 Å². The van der Waals surface area contributed by atoms with Crippen LogP contribution in [0.2, 0.25) is 0 Å². The standard InChI is InChI=1S/C27H32N4O4/c1-18(2)13-19-9-11-20(12-10-19)14-23(29-17-22-6-4-8-25(31-22)27(34)35)16-28-15-21-5-3-7-24(30-21)26(32)33/h3-12,18,23,28-29H,13-17H2,1-2H3,(H,32,33)(H,34,35)/t23-/m0/s1. The van der Waals surface area contributed by atoms with Crippen molar-refractivity contribution in [2.45, 2.75) is 45.8 Å². The molecule has 2 heterocycles. The second kappa shape index (κ2) is 12.7. The first kappa shape index (κ1) is 26.0. The number of carbonyl (C=O) groups is 2. The summed E-state index contributed by atoms with van der Waals surface area (Å²) in [6.45, 7) is 5.86. The van der Waals surface area contributed by atoms with Crippen molar-refractivity contribution in [2.24, 2.45) is 5.92 Å². The molecule has 0 aliphatic carbocycles. The monoisotopic (exact) mass is 476 g/mol. The zero-order chi connectivity index (χ0) is 25.2. The van der Waals surface area contributed by atoms with Crippen LogP contribution in [0.3, 0.4) is 0 Å². The van der Waals surface area contributed by atoms with E-state index >= 15 is 0 Å². The maximum absolute atomic E-state index is 11.2. The highest BCUT2D eigenvalue weighted by atomic mass is 16.4. The first-order chi connectivity index (χ1) is 16.8. The number of aromatic carboxylic acids is 2. The molecular weight excluding hydrogens is 444 g/mol. The molecule has 0 radical (unpaired) electrons. The van der Waals surface area contributed by atoms with E-state index in [0.717, 1.165) is 12.8 Å². The van der Waals surface area contributed by atoms with Gasteiger partial charge in [0.25, 0.3) is 0 Å². The van der Waals surface area contributed by atoms with E-state index in [2.05, 4.69) is 58.7 Å². The number of benzene rings is 1. The largest absolute Gasteiger partial charge is 0.477 e. The van der Waals surface area contributed by atoms with E-state index in [-0.39, 0.29) is 17.4 Å². The lowest BCUT2D eigenvalue weighted by Gasteiger charge is -2.20. The molecule has 35 heavy (non-hydrogen) atoms. The van der Waals surface area contributed by atoms with Crippen LogP contribution >= 0.6 is 0 Å². The van der Waals surface area contributed by atoms with Crippen LogP contribution in [0.1, 0.15) is 57.3 Å². The van der Waals surface area contributed by atoms with E-state index in [4.69, 9.17) is 5.11 Å². The summed E-state index contributed by atoms with van der Waals surface area (Å²) in [7, 11) is 0. The van der Waals surface area contributed by atoms with Crippen molar-refractivity contribution in [3.63, 3.8) is 0 Å². The number of hydrogen-bond acceptors (Lipinski definition) is 6. The molecule has 3 aromatic rings. The van der Waals surface area contributed by atoms with Crippen molar-refractivity contribution < 1.29 is 19.8 Å². The molecule has 0 amide bonds. The minimum absolute atomic E-state index is 0.0177. The summed E-state index contributed by atoms with van der Waals surface area (Å²) in [5.74, 6) is -1.51. The highest BCUT2D eigenvalue weighted by molar-refractivity contribution is 5.85. The molecule has 8 nitrogen and oxygen atoms in total. The Bertz CT molecular complexity index is 1130. The minimum Gasteiger partial charge on any atom is -0.477 e. The van der Waals surface area contributed by atoms with Gasteiger partial charge in [0.2, 0.25) is 0 Å². The first-order valence-electron chi connectivity index (χ1n) is 11.7. The van der Waals surface area contributed by atoms with E-state index in [1.54, 1.807) is 24.3 Å². The maximum atomic E-state index is 11.2. The summed E-state index contributed by atoms with van der Waals surface area (Å²) in [6.07, 6.45) is 1.80. The third-order valence-electron chi connectivity index (χ3n) is 5.47. The van der Waals surface area contributed by atoms with Crippen molar-refractivity contribution in [2.75, 3.05) is 6.54 Å². The second-order valence-electron chi connectivity index (χ2n) is 8.97. The zero-order valence-corrected chi connectivity index (χ0v) is 20.1. The Balaban J connectivity index is 1.65. The predicted molar refractivity (Wildman–Crippen MR) is 133 cm³/mol. The SMILES string of the molecule is CC(C)Cc1ccc(C[C@@H](CNCc2cccc(C(=O)O)n2)NCc2cccc(C(=O)O)n2)cc1. The maximum Gasteiger partial charge on any atom is 0.354 e. The quantitative estimate of drug-likeness (QED) is 0.295. The minimum atomic E-state index is -1.05. The fourth-order valence-corrected chi connectivity index (χ4v) is 3.80. The van der Waals surface area contributed by atoms with Crippen molar-refractivity contribution in [3.05, 3.63) is 94.6 Å². The van der Waals surface area contributed by atoms with E-state index in [1.807, 2.05) is 0 Å². The van der Waals surface area contributed by atoms with Crippen molar-refractivity contribution in [1.82, 2.24) is 20.6 Å². The summed E-state index contributed by atoms with van der Waals surface area (Å²) in [5, 5.41) is 25.2. The highest BCUT2D eigenvalue weighted by Gasteiger charge is 2.12. The second-order valence-corrected chi connectivity index (χ2v) is 8.97. The molecule has 0 aliphatic heterocycles. The van der Waals surface area contributed by atoms with Gasteiger partial charge in [-0.2, -0.15) is 0 Å². The third-order valence-corrected chi connectivity index (χ3v) is 5.47. The van der Waals surface area contributed by atoms with Crippen LogP contribution in [0.25, 0.3) is 0 Å². The summed E-state index contributed by atoms with van der Waals surface area (Å²) >= 11 is 0. The molecule has 0 spiro atoms. The van der Waals surface area contributed by atoms with Crippen LogP contribution in [0.4, 0.5) is 0 Å². The molecule has 184 valence electrons. The third kappa shape index (κ3) is 8.59. The summed E-state index contributed by atoms with van der Waals surface area (Å²) in [4.78, 5) is 30.8. The summed E-state index contributed by atoms with van der Waals surface area (Å²) in [6, 6.07) is 18.6. The molecule has 3 rings (SSSR count). The Kier molecular flexibility index (Phi) is 9.46. The average molecular weight is 477 g/mol. The summed E-state index contributed by atoms with van der Waals surface area (Å²) in [5.41, 5.74) is 3.84. The van der Waals surface area contributed by atoms with Gasteiger partial charge in [-0.05, 0) is 54.2 Å². The Morgan fingerprint density at radius 1 is 0.771 bits per heavy atom. The molecule has 8 heteroatoms. The molecular formula is C27H32N4O4. The van der Waals surface area contributed by atoms with Crippen molar-refractivity contribution in [1.29, 1.82) is 0 Å². The fourth-order valence-electron chi connectivity index (χ4n) is 3.80. The number of nitrogens with zero attached hydrogens (tertiary/aromatic N) is 2. The van der Waals surface area contributed by atoms with Crippen molar-refractivity contribution >= 4 is 11.9 Å². The molecule has 0 saturated heterocycles. The van der Waals surface area contributed by atoms with Crippen LogP contribution in [0, 0.1) is 5.92 Å². The summed E-state index contributed by atoms with van der Waals surface area (Å²) < 4.78 is 0. The zero-order valence-electron chi connectivity index (χ0n) is 20.1. The molecule has 0 bridgehead atoms. The highest BCUT2D eigenvalue weighted by Crippen LogP contribution is 2.12. The van der Waals surface area contributed by atoms with Gasteiger partial charge >= 0.3 is 11.9 Å². The van der Waals surface area contributed by atoms with E-state index in [9.17, 15) is 14.7 Å². The predicted octanol–water partition coefficient (Wildman–Crippen LogP) is 3.56. The average Bonchev–Trinajstić information content (AvgIpc) is 2.83. The van der Waals surface area contributed by atoms with Crippen LogP contribution in [-0.2, 0) is 25.9 Å². The van der Waals surface area contributed by atoms with Gasteiger partial charge in [0.15, 0.2) is 0 Å². The molecule has 0 unspecified atom stereocenters. The Labute approximate surface area is 205 Å². The molecule has 0 aliphatic rings. The molecule has 1 aromatic carbocycles. The van der Waals surface area contributed by atoms with Crippen molar-refractivity contribution in [3.8, 4) is 0 Å². The van der Waals surface area contributed by atoms with Gasteiger partial charge in [0.1, 0.15) is 11.4 Å². The van der Waals surface area contributed by atoms with Gasteiger partial charge in [0.05, 0.1) is 11.4 Å². The van der Waals surface area contributed by atoms with Gasteiger partial charge in [-0.1, -0.05) is 50.2 Å². The number of rotatable bonds is 13. The molecule has 0 fully saturated rings. The number of carboxylic acid groups (broad SMARTS) is 2. The molecule has 2 aromatic heterocycles. The lowest BCUT2D eigenvalue weighted by atomic mass is 9.99. The van der Waals surface area contributed by atoms with Gasteiger partial charge in [-0.15, -0.1) is 0 Å². The van der Waals surface area contributed by atoms with Gasteiger partial charge in [-0.3, -0.25) is 0 Å². The Morgan fingerprint density at radius 2 is 1.29 bits per heavy atom. The van der Waals surface area contributed by atoms with Crippen LogP contribution < -0.4 is 10.6 Å². The number of carboxylic acids is 2. The van der Waals surface area contributed by atoms with Crippen LogP contribution in [0.15, 0.2) is 60.7 Å². The number of hydrogen-bond donors (Lipinski definition) is 4.